The van der Waals surface area contributed by atoms with Crippen LogP contribution in [0.3, 0.4) is 0 Å². The van der Waals surface area contributed by atoms with E-state index < -0.39 is 0 Å². The standard InChI is InChI=1S/C20H26N6O/c1-15(2)27-18-7-5-4-6-16(18)13-25-8-10-26(11-9-25)20-17-12-23-24(3)19(17)21-14-22-20/h4-7,12,14-15H,8-11,13H2,1-3H3. The van der Waals surface area contributed by atoms with Gasteiger partial charge in [-0.15, -0.1) is 0 Å². The molecule has 2 aromatic heterocycles. The van der Waals surface area contributed by atoms with Gasteiger partial charge in [-0.2, -0.15) is 5.10 Å². The highest BCUT2D eigenvalue weighted by atomic mass is 16.5. The molecule has 0 saturated carbocycles. The SMILES string of the molecule is CC(C)Oc1ccccc1CN1CCN(c2ncnc3c2cnn3C)CC1. The Morgan fingerprint density at radius 2 is 1.85 bits per heavy atom. The van der Waals surface area contributed by atoms with Gasteiger partial charge in [-0.1, -0.05) is 18.2 Å². The molecule has 7 nitrogen and oxygen atoms in total. The van der Waals surface area contributed by atoms with Gasteiger partial charge in [0.05, 0.1) is 17.7 Å². The van der Waals surface area contributed by atoms with Gasteiger partial charge < -0.3 is 9.64 Å². The maximum atomic E-state index is 5.96. The molecular weight excluding hydrogens is 340 g/mol. The molecule has 0 spiro atoms. The van der Waals surface area contributed by atoms with Crippen molar-refractivity contribution in [2.75, 3.05) is 31.1 Å². The lowest BCUT2D eigenvalue weighted by Crippen LogP contribution is -2.46. The fourth-order valence-electron chi connectivity index (χ4n) is 3.56. The Morgan fingerprint density at radius 3 is 2.63 bits per heavy atom. The first kappa shape index (κ1) is 17.7. The van der Waals surface area contributed by atoms with Crippen molar-refractivity contribution >= 4 is 16.9 Å². The van der Waals surface area contributed by atoms with Crippen LogP contribution in [0.4, 0.5) is 5.82 Å². The van der Waals surface area contributed by atoms with Crippen molar-refractivity contribution < 1.29 is 4.74 Å². The molecule has 1 aliphatic rings. The molecule has 142 valence electrons. The minimum atomic E-state index is 0.183. The molecule has 3 aromatic rings. The number of hydrogen-bond acceptors (Lipinski definition) is 6. The molecule has 3 heterocycles. The van der Waals surface area contributed by atoms with Crippen molar-refractivity contribution in [3.05, 3.63) is 42.4 Å². The molecule has 1 aliphatic heterocycles. The number of ether oxygens (including phenoxy) is 1. The molecule has 1 fully saturated rings. The molecule has 1 saturated heterocycles. The Balaban J connectivity index is 1.44. The van der Waals surface area contributed by atoms with E-state index in [1.165, 1.54) is 5.56 Å². The molecular formula is C20H26N6O. The lowest BCUT2D eigenvalue weighted by atomic mass is 10.1. The predicted octanol–water partition coefficient (Wildman–Crippen LogP) is 2.47. The van der Waals surface area contributed by atoms with Crippen molar-refractivity contribution in [1.29, 1.82) is 0 Å². The Labute approximate surface area is 159 Å². The molecule has 0 unspecified atom stereocenters. The molecule has 0 radical (unpaired) electrons. The fraction of sp³-hybridized carbons (Fsp3) is 0.450. The summed E-state index contributed by atoms with van der Waals surface area (Å²) in [6.07, 6.45) is 3.67. The summed E-state index contributed by atoms with van der Waals surface area (Å²) < 4.78 is 7.76. The van der Waals surface area contributed by atoms with Crippen LogP contribution in [0.2, 0.25) is 0 Å². The Hall–Kier alpha value is -2.67. The number of hydrogen-bond donors (Lipinski definition) is 0. The van der Waals surface area contributed by atoms with Crippen LogP contribution in [0.15, 0.2) is 36.8 Å². The topological polar surface area (TPSA) is 59.3 Å². The van der Waals surface area contributed by atoms with Crippen molar-refractivity contribution in [2.24, 2.45) is 7.05 Å². The zero-order chi connectivity index (χ0) is 18.8. The average Bonchev–Trinajstić information content (AvgIpc) is 3.05. The third kappa shape index (κ3) is 3.73. The number of fused-ring (bicyclic) bond motifs is 1. The second-order valence-electron chi connectivity index (χ2n) is 7.24. The molecule has 1 aromatic carbocycles. The first-order valence-electron chi connectivity index (χ1n) is 9.46. The molecule has 27 heavy (non-hydrogen) atoms. The van der Waals surface area contributed by atoms with Crippen LogP contribution in [-0.4, -0.2) is 56.9 Å². The number of rotatable bonds is 5. The monoisotopic (exact) mass is 366 g/mol. The van der Waals surface area contributed by atoms with Gasteiger partial charge in [-0.25, -0.2) is 9.97 Å². The molecule has 0 N–H and O–H groups in total. The van der Waals surface area contributed by atoms with Gasteiger partial charge in [0.25, 0.3) is 0 Å². The molecule has 4 rings (SSSR count). The normalized spacial score (nSPS) is 15.6. The zero-order valence-corrected chi connectivity index (χ0v) is 16.2. The van der Waals surface area contributed by atoms with Crippen molar-refractivity contribution in [3.8, 4) is 5.75 Å². The van der Waals surface area contributed by atoms with Crippen LogP contribution in [-0.2, 0) is 13.6 Å². The largest absolute Gasteiger partial charge is 0.491 e. The first-order chi connectivity index (χ1) is 13.1. The van der Waals surface area contributed by atoms with E-state index in [-0.39, 0.29) is 6.10 Å². The minimum Gasteiger partial charge on any atom is -0.491 e. The van der Waals surface area contributed by atoms with Gasteiger partial charge in [0.2, 0.25) is 0 Å². The van der Waals surface area contributed by atoms with Crippen LogP contribution in [0.25, 0.3) is 11.0 Å². The lowest BCUT2D eigenvalue weighted by molar-refractivity contribution is 0.221. The summed E-state index contributed by atoms with van der Waals surface area (Å²) in [6.45, 7) is 8.89. The first-order valence-corrected chi connectivity index (χ1v) is 9.46. The smallest absolute Gasteiger partial charge is 0.163 e. The van der Waals surface area contributed by atoms with E-state index in [0.717, 1.165) is 55.3 Å². The Kier molecular flexibility index (Phi) is 4.94. The fourth-order valence-corrected chi connectivity index (χ4v) is 3.56. The highest BCUT2D eigenvalue weighted by Crippen LogP contribution is 2.25. The number of benzene rings is 1. The second kappa shape index (κ2) is 7.52. The molecule has 0 bridgehead atoms. The number of nitrogens with zero attached hydrogens (tertiary/aromatic N) is 6. The van der Waals surface area contributed by atoms with E-state index in [2.05, 4.69) is 56.9 Å². The van der Waals surface area contributed by atoms with Crippen LogP contribution in [0.5, 0.6) is 5.75 Å². The summed E-state index contributed by atoms with van der Waals surface area (Å²) in [5, 5.41) is 5.34. The zero-order valence-electron chi connectivity index (χ0n) is 16.2. The van der Waals surface area contributed by atoms with Gasteiger partial charge in [0, 0.05) is 45.3 Å². The van der Waals surface area contributed by atoms with E-state index in [1.807, 2.05) is 19.3 Å². The molecule has 0 amide bonds. The predicted molar refractivity (Wildman–Crippen MR) is 106 cm³/mol. The van der Waals surface area contributed by atoms with E-state index >= 15 is 0 Å². The van der Waals surface area contributed by atoms with Gasteiger partial charge in [0.1, 0.15) is 17.9 Å². The number of aryl methyl sites for hydroxylation is 1. The summed E-state index contributed by atoms with van der Waals surface area (Å²) in [6, 6.07) is 8.34. The van der Waals surface area contributed by atoms with Gasteiger partial charge in [0.15, 0.2) is 5.65 Å². The highest BCUT2D eigenvalue weighted by Gasteiger charge is 2.21. The van der Waals surface area contributed by atoms with Crippen LogP contribution in [0, 0.1) is 0 Å². The third-order valence-corrected chi connectivity index (χ3v) is 4.91. The minimum absolute atomic E-state index is 0.183. The highest BCUT2D eigenvalue weighted by molar-refractivity contribution is 5.86. The summed E-state index contributed by atoms with van der Waals surface area (Å²) in [5.74, 6) is 1.97. The summed E-state index contributed by atoms with van der Waals surface area (Å²) in [5.41, 5.74) is 2.12. The molecule has 7 heteroatoms. The van der Waals surface area contributed by atoms with Crippen molar-refractivity contribution in [1.82, 2.24) is 24.6 Å². The third-order valence-electron chi connectivity index (χ3n) is 4.91. The summed E-state index contributed by atoms with van der Waals surface area (Å²) in [7, 11) is 1.91. The number of anilines is 1. The average molecular weight is 366 g/mol. The maximum absolute atomic E-state index is 5.96. The van der Waals surface area contributed by atoms with E-state index in [0.29, 0.717) is 0 Å². The van der Waals surface area contributed by atoms with Crippen LogP contribution < -0.4 is 9.64 Å². The quantitative estimate of drug-likeness (QED) is 0.691. The van der Waals surface area contributed by atoms with Gasteiger partial charge in [-0.05, 0) is 19.9 Å². The van der Waals surface area contributed by atoms with E-state index in [1.54, 1.807) is 11.0 Å². The molecule has 0 aliphatic carbocycles. The van der Waals surface area contributed by atoms with Crippen molar-refractivity contribution in [3.63, 3.8) is 0 Å². The van der Waals surface area contributed by atoms with E-state index in [4.69, 9.17) is 4.74 Å². The Bertz CT molecular complexity index is 914. The van der Waals surface area contributed by atoms with Gasteiger partial charge >= 0.3 is 0 Å². The summed E-state index contributed by atoms with van der Waals surface area (Å²) >= 11 is 0. The van der Waals surface area contributed by atoms with Crippen LogP contribution >= 0.6 is 0 Å². The number of aromatic nitrogens is 4. The molecule has 0 atom stereocenters. The number of piperazine rings is 1. The van der Waals surface area contributed by atoms with Crippen molar-refractivity contribution in [2.45, 2.75) is 26.5 Å². The Morgan fingerprint density at radius 1 is 1.07 bits per heavy atom. The second-order valence-corrected chi connectivity index (χ2v) is 7.24. The summed E-state index contributed by atoms with van der Waals surface area (Å²) in [4.78, 5) is 13.7. The number of para-hydroxylation sites is 1. The van der Waals surface area contributed by atoms with Gasteiger partial charge in [-0.3, -0.25) is 9.58 Å². The maximum Gasteiger partial charge on any atom is 0.163 e. The van der Waals surface area contributed by atoms with Crippen LogP contribution in [0.1, 0.15) is 19.4 Å². The van der Waals surface area contributed by atoms with E-state index in [9.17, 15) is 0 Å². The lowest BCUT2D eigenvalue weighted by Gasteiger charge is -2.35.